The van der Waals surface area contributed by atoms with Crippen LogP contribution in [0.15, 0.2) is 18.2 Å². The van der Waals surface area contributed by atoms with Crippen LogP contribution in [0.2, 0.25) is 0 Å². The molecule has 1 aromatic carbocycles. The van der Waals surface area contributed by atoms with E-state index in [4.69, 9.17) is 4.74 Å². The van der Waals surface area contributed by atoms with E-state index in [1.807, 2.05) is 19.1 Å². The van der Waals surface area contributed by atoms with Crippen LogP contribution in [-0.2, 0) is 4.79 Å². The second-order valence-corrected chi connectivity index (χ2v) is 4.89. The number of anilines is 1. The predicted octanol–water partition coefficient (Wildman–Crippen LogP) is 2.16. The Morgan fingerprint density at radius 3 is 2.58 bits per heavy atom. The van der Waals surface area contributed by atoms with Crippen molar-refractivity contribution in [3.05, 3.63) is 23.8 Å². The van der Waals surface area contributed by atoms with Crippen molar-refractivity contribution in [2.75, 3.05) is 24.6 Å². The molecule has 1 N–H and O–H groups in total. The highest BCUT2D eigenvalue weighted by atomic mass is 16.5. The summed E-state index contributed by atoms with van der Waals surface area (Å²) in [5, 5.41) is 9.27. The molecule has 1 aliphatic rings. The molecule has 0 aliphatic carbocycles. The molecule has 0 saturated carbocycles. The summed E-state index contributed by atoms with van der Waals surface area (Å²) in [6.45, 7) is 7.81. The van der Waals surface area contributed by atoms with Crippen LogP contribution in [-0.4, -0.2) is 30.8 Å². The number of ether oxygens (including phenoxy) is 1. The Kier molecular flexibility index (Phi) is 4.10. The summed E-state index contributed by atoms with van der Waals surface area (Å²) in [6.07, 6.45) is 0. The molecule has 1 aliphatic heterocycles. The highest BCUT2D eigenvalue weighted by Gasteiger charge is 2.34. The van der Waals surface area contributed by atoms with Crippen LogP contribution in [0.4, 0.5) is 5.69 Å². The lowest BCUT2D eigenvalue weighted by Gasteiger charge is -2.30. The number of hydrogen-bond donors (Lipinski definition) is 1. The van der Waals surface area contributed by atoms with Gasteiger partial charge in [0.1, 0.15) is 5.75 Å². The Morgan fingerprint density at radius 2 is 2.00 bits per heavy atom. The zero-order valence-electron chi connectivity index (χ0n) is 11.7. The van der Waals surface area contributed by atoms with Crippen molar-refractivity contribution in [1.82, 2.24) is 0 Å². The SMILES string of the molecule is CCN(CC)c1ccc2c(c1)OC(=O)C(CO)C2C. The Hall–Kier alpha value is -1.55. The van der Waals surface area contributed by atoms with E-state index in [2.05, 4.69) is 24.8 Å². The zero-order valence-corrected chi connectivity index (χ0v) is 11.7. The fraction of sp³-hybridized carbons (Fsp3) is 0.533. The molecule has 0 fully saturated rings. The predicted molar refractivity (Wildman–Crippen MR) is 74.6 cm³/mol. The molecule has 0 amide bonds. The van der Waals surface area contributed by atoms with Crippen LogP contribution >= 0.6 is 0 Å². The summed E-state index contributed by atoms with van der Waals surface area (Å²) in [5.74, 6) is -0.162. The summed E-state index contributed by atoms with van der Waals surface area (Å²) in [6, 6.07) is 5.98. The molecule has 19 heavy (non-hydrogen) atoms. The molecule has 104 valence electrons. The maximum absolute atomic E-state index is 11.8. The van der Waals surface area contributed by atoms with Gasteiger partial charge in [-0.3, -0.25) is 4.79 Å². The smallest absolute Gasteiger partial charge is 0.317 e. The van der Waals surface area contributed by atoms with Gasteiger partial charge in [-0.15, -0.1) is 0 Å². The van der Waals surface area contributed by atoms with Crippen molar-refractivity contribution >= 4 is 11.7 Å². The molecular weight excluding hydrogens is 242 g/mol. The number of benzene rings is 1. The normalized spacial score (nSPS) is 21.8. The van der Waals surface area contributed by atoms with E-state index in [0.717, 1.165) is 24.3 Å². The fourth-order valence-corrected chi connectivity index (χ4v) is 2.61. The molecule has 0 aromatic heterocycles. The summed E-state index contributed by atoms with van der Waals surface area (Å²) in [7, 11) is 0. The van der Waals surface area contributed by atoms with Crippen LogP contribution in [0.25, 0.3) is 0 Å². The molecule has 4 heteroatoms. The van der Waals surface area contributed by atoms with Crippen molar-refractivity contribution in [2.24, 2.45) is 5.92 Å². The molecular formula is C15H21NO3. The molecule has 0 saturated heterocycles. The molecule has 0 bridgehead atoms. The maximum atomic E-state index is 11.8. The molecule has 1 aromatic rings. The Balaban J connectivity index is 2.37. The van der Waals surface area contributed by atoms with Gasteiger partial charge in [0.25, 0.3) is 0 Å². The zero-order chi connectivity index (χ0) is 14.0. The lowest BCUT2D eigenvalue weighted by molar-refractivity contribution is -0.142. The van der Waals surface area contributed by atoms with E-state index in [1.165, 1.54) is 0 Å². The van der Waals surface area contributed by atoms with Crippen LogP contribution in [0, 0.1) is 5.92 Å². The Labute approximate surface area is 114 Å². The standard InChI is InChI=1S/C15H21NO3/c1-4-16(5-2)11-6-7-12-10(3)13(9-17)15(18)19-14(12)8-11/h6-8,10,13,17H,4-5,9H2,1-3H3. The molecule has 1 heterocycles. The minimum absolute atomic E-state index is 0.00740. The highest BCUT2D eigenvalue weighted by Crippen LogP contribution is 2.39. The van der Waals surface area contributed by atoms with Gasteiger partial charge in [-0.2, -0.15) is 0 Å². The molecule has 0 spiro atoms. The van der Waals surface area contributed by atoms with Crippen molar-refractivity contribution in [3.63, 3.8) is 0 Å². The summed E-state index contributed by atoms with van der Waals surface area (Å²) in [5.41, 5.74) is 2.06. The first-order chi connectivity index (χ1) is 9.12. The van der Waals surface area contributed by atoms with Crippen molar-refractivity contribution < 1.29 is 14.6 Å². The van der Waals surface area contributed by atoms with E-state index in [-0.39, 0.29) is 18.5 Å². The fourth-order valence-electron chi connectivity index (χ4n) is 2.61. The molecule has 0 radical (unpaired) electrons. The van der Waals surface area contributed by atoms with E-state index >= 15 is 0 Å². The lowest BCUT2D eigenvalue weighted by Crippen LogP contribution is -2.33. The van der Waals surface area contributed by atoms with Gasteiger partial charge in [-0.25, -0.2) is 0 Å². The number of esters is 1. The van der Waals surface area contributed by atoms with Crippen LogP contribution in [0.1, 0.15) is 32.3 Å². The van der Waals surface area contributed by atoms with Gasteiger partial charge < -0.3 is 14.7 Å². The van der Waals surface area contributed by atoms with Crippen molar-refractivity contribution in [3.8, 4) is 5.75 Å². The van der Waals surface area contributed by atoms with Gasteiger partial charge in [-0.1, -0.05) is 13.0 Å². The minimum atomic E-state index is -0.452. The number of fused-ring (bicyclic) bond motifs is 1. The Bertz CT molecular complexity index is 468. The van der Waals surface area contributed by atoms with Gasteiger partial charge in [0, 0.05) is 30.8 Å². The van der Waals surface area contributed by atoms with E-state index in [0.29, 0.717) is 5.75 Å². The van der Waals surface area contributed by atoms with Gasteiger partial charge in [0.2, 0.25) is 0 Å². The van der Waals surface area contributed by atoms with Gasteiger partial charge in [0.05, 0.1) is 12.5 Å². The van der Waals surface area contributed by atoms with Gasteiger partial charge in [-0.05, 0) is 25.5 Å². The molecule has 2 unspecified atom stereocenters. The van der Waals surface area contributed by atoms with E-state index in [1.54, 1.807) is 0 Å². The number of hydrogen-bond acceptors (Lipinski definition) is 4. The number of aliphatic hydroxyl groups is 1. The summed E-state index contributed by atoms with van der Waals surface area (Å²) < 4.78 is 5.36. The van der Waals surface area contributed by atoms with E-state index in [9.17, 15) is 9.90 Å². The van der Waals surface area contributed by atoms with Crippen molar-refractivity contribution in [1.29, 1.82) is 0 Å². The number of carbonyl (C=O) groups is 1. The number of nitrogens with zero attached hydrogens (tertiary/aromatic N) is 1. The topological polar surface area (TPSA) is 49.8 Å². The summed E-state index contributed by atoms with van der Waals surface area (Å²) in [4.78, 5) is 14.0. The number of carbonyl (C=O) groups excluding carboxylic acids is 1. The average Bonchev–Trinajstić information content (AvgIpc) is 2.40. The average molecular weight is 263 g/mol. The second kappa shape index (κ2) is 5.61. The monoisotopic (exact) mass is 263 g/mol. The summed E-state index contributed by atoms with van der Waals surface area (Å²) >= 11 is 0. The first-order valence-corrected chi connectivity index (χ1v) is 6.83. The second-order valence-electron chi connectivity index (χ2n) is 4.89. The first kappa shape index (κ1) is 13.9. The lowest BCUT2D eigenvalue weighted by atomic mass is 9.85. The molecule has 2 rings (SSSR count). The highest BCUT2D eigenvalue weighted by molar-refractivity contribution is 5.80. The van der Waals surface area contributed by atoms with Crippen molar-refractivity contribution in [2.45, 2.75) is 26.7 Å². The minimum Gasteiger partial charge on any atom is -0.426 e. The van der Waals surface area contributed by atoms with Gasteiger partial charge in [0.15, 0.2) is 0 Å². The third kappa shape index (κ3) is 2.45. The van der Waals surface area contributed by atoms with E-state index < -0.39 is 5.92 Å². The van der Waals surface area contributed by atoms with Gasteiger partial charge >= 0.3 is 5.97 Å². The first-order valence-electron chi connectivity index (χ1n) is 6.83. The largest absolute Gasteiger partial charge is 0.426 e. The molecule has 2 atom stereocenters. The third-order valence-electron chi connectivity index (χ3n) is 3.93. The van der Waals surface area contributed by atoms with Crippen LogP contribution in [0.3, 0.4) is 0 Å². The third-order valence-corrected chi connectivity index (χ3v) is 3.93. The number of rotatable bonds is 4. The van der Waals surface area contributed by atoms with Crippen LogP contribution in [0.5, 0.6) is 5.75 Å². The van der Waals surface area contributed by atoms with Crippen LogP contribution < -0.4 is 9.64 Å². The molecule has 4 nitrogen and oxygen atoms in total. The Morgan fingerprint density at radius 1 is 1.32 bits per heavy atom. The number of aliphatic hydroxyl groups excluding tert-OH is 1. The maximum Gasteiger partial charge on any atom is 0.317 e. The quantitative estimate of drug-likeness (QED) is 0.668.